The summed E-state index contributed by atoms with van der Waals surface area (Å²) < 4.78 is 7.85. The molecule has 0 fully saturated rings. The van der Waals surface area contributed by atoms with Crippen LogP contribution in [0.3, 0.4) is 0 Å². The normalized spacial score (nSPS) is 12.2. The Morgan fingerprint density at radius 2 is 2.14 bits per heavy atom. The zero-order valence-corrected chi connectivity index (χ0v) is 16.9. The average molecular weight is 429 g/mol. The fourth-order valence-corrected chi connectivity index (χ4v) is 4.25. The van der Waals surface area contributed by atoms with E-state index in [9.17, 15) is 9.90 Å². The quantitative estimate of drug-likeness (QED) is 0.485. The van der Waals surface area contributed by atoms with Crippen LogP contribution >= 0.6 is 22.9 Å². The molecule has 0 unspecified atom stereocenters. The molecule has 0 saturated carbocycles. The third-order valence-corrected chi connectivity index (χ3v) is 5.93. The van der Waals surface area contributed by atoms with Gasteiger partial charge in [0, 0.05) is 22.8 Å². The first-order chi connectivity index (χ1) is 14.0. The van der Waals surface area contributed by atoms with Crippen molar-refractivity contribution in [3.05, 3.63) is 70.1 Å². The van der Waals surface area contributed by atoms with Gasteiger partial charge in [-0.25, -0.2) is 4.98 Å². The molecule has 148 valence electrons. The molecule has 0 aliphatic rings. The zero-order valence-electron chi connectivity index (χ0n) is 15.4. The number of carbonyl (C=O) groups is 1. The molecule has 9 heteroatoms. The Kier molecular flexibility index (Phi) is 5.23. The standard InChI is InChI=1S/C20H17ClN4O3S/c1-11(13-4-2-3-5-14(13)21)28-16-6-17(29-19(16)20(22)27)15-7-24-18-8-23-12(10-26)9-25(15)18/h2-9,11,26H,10H2,1H3,(H2,22,27)/t11-/m1/s1. The van der Waals surface area contributed by atoms with Crippen LogP contribution in [0.2, 0.25) is 5.02 Å². The topological polar surface area (TPSA) is 103 Å². The highest BCUT2D eigenvalue weighted by atomic mass is 35.5. The van der Waals surface area contributed by atoms with Gasteiger partial charge in [-0.15, -0.1) is 11.3 Å². The van der Waals surface area contributed by atoms with Crippen molar-refractivity contribution in [2.24, 2.45) is 5.73 Å². The van der Waals surface area contributed by atoms with E-state index < -0.39 is 5.91 Å². The van der Waals surface area contributed by atoms with Gasteiger partial charge in [0.1, 0.15) is 16.7 Å². The van der Waals surface area contributed by atoms with Gasteiger partial charge in [0.15, 0.2) is 5.65 Å². The van der Waals surface area contributed by atoms with Crippen LogP contribution in [0.4, 0.5) is 0 Å². The summed E-state index contributed by atoms with van der Waals surface area (Å²) in [6.07, 6.45) is 4.58. The highest BCUT2D eigenvalue weighted by Crippen LogP contribution is 2.39. The number of halogens is 1. The Morgan fingerprint density at radius 1 is 1.34 bits per heavy atom. The first kappa shape index (κ1) is 19.4. The summed E-state index contributed by atoms with van der Waals surface area (Å²) in [7, 11) is 0. The number of nitrogens with zero attached hydrogens (tertiary/aromatic N) is 3. The van der Waals surface area contributed by atoms with Crippen molar-refractivity contribution < 1.29 is 14.6 Å². The molecule has 0 saturated heterocycles. The molecule has 3 N–H and O–H groups in total. The minimum atomic E-state index is -0.575. The number of aliphatic hydroxyl groups excluding tert-OH is 1. The molecule has 0 bridgehead atoms. The molecule has 4 rings (SSSR count). The molecule has 0 spiro atoms. The number of rotatable bonds is 6. The van der Waals surface area contributed by atoms with Gasteiger partial charge < -0.3 is 15.6 Å². The van der Waals surface area contributed by atoms with Crippen LogP contribution in [0, 0.1) is 0 Å². The van der Waals surface area contributed by atoms with Crippen LogP contribution in [0.5, 0.6) is 5.75 Å². The van der Waals surface area contributed by atoms with Gasteiger partial charge in [-0.2, -0.15) is 0 Å². The number of primary amides is 1. The van der Waals surface area contributed by atoms with Gasteiger partial charge in [0.25, 0.3) is 5.91 Å². The minimum absolute atomic E-state index is 0.186. The lowest BCUT2D eigenvalue weighted by atomic mass is 10.1. The van der Waals surface area contributed by atoms with E-state index in [1.54, 1.807) is 35.1 Å². The number of imidazole rings is 1. The summed E-state index contributed by atoms with van der Waals surface area (Å²) in [6, 6.07) is 9.14. The van der Waals surface area contributed by atoms with Crippen LogP contribution in [0.25, 0.3) is 16.2 Å². The fraction of sp³-hybridized carbons (Fsp3) is 0.150. The molecule has 0 aliphatic carbocycles. The number of ether oxygens (including phenoxy) is 1. The largest absolute Gasteiger partial charge is 0.484 e. The number of thiophene rings is 1. The predicted octanol–water partition coefficient (Wildman–Crippen LogP) is 3.84. The van der Waals surface area contributed by atoms with Crippen molar-refractivity contribution in [2.45, 2.75) is 19.6 Å². The molecule has 3 aromatic heterocycles. The maximum atomic E-state index is 12.0. The summed E-state index contributed by atoms with van der Waals surface area (Å²) in [4.78, 5) is 21.5. The SMILES string of the molecule is C[C@@H](Oc1cc(-c2cnc3cnc(CO)cn23)sc1C(N)=O)c1ccccc1Cl. The van der Waals surface area contributed by atoms with E-state index in [0.29, 0.717) is 27.0 Å². The smallest absolute Gasteiger partial charge is 0.262 e. The van der Waals surface area contributed by atoms with Crippen LogP contribution in [0.1, 0.15) is 34.0 Å². The highest BCUT2D eigenvalue weighted by Gasteiger charge is 2.21. The zero-order chi connectivity index (χ0) is 20.5. The lowest BCUT2D eigenvalue weighted by molar-refractivity contribution is 0.0998. The van der Waals surface area contributed by atoms with Gasteiger partial charge in [0.05, 0.1) is 35.3 Å². The summed E-state index contributed by atoms with van der Waals surface area (Å²) in [6.45, 7) is 1.67. The molecule has 0 aliphatic heterocycles. The van der Waals surface area contributed by atoms with E-state index in [4.69, 9.17) is 22.1 Å². The van der Waals surface area contributed by atoms with Crippen molar-refractivity contribution in [1.29, 1.82) is 0 Å². The van der Waals surface area contributed by atoms with Crippen molar-refractivity contribution in [2.75, 3.05) is 0 Å². The Bertz CT molecular complexity index is 1200. The van der Waals surface area contributed by atoms with E-state index in [-0.39, 0.29) is 12.7 Å². The van der Waals surface area contributed by atoms with Crippen LogP contribution < -0.4 is 10.5 Å². The van der Waals surface area contributed by atoms with Crippen molar-refractivity contribution in [3.63, 3.8) is 0 Å². The van der Waals surface area contributed by atoms with Crippen molar-refractivity contribution >= 4 is 34.5 Å². The Balaban J connectivity index is 1.74. The van der Waals surface area contributed by atoms with Crippen molar-refractivity contribution in [1.82, 2.24) is 14.4 Å². The van der Waals surface area contributed by atoms with Crippen LogP contribution in [-0.4, -0.2) is 25.4 Å². The van der Waals surface area contributed by atoms with Crippen molar-refractivity contribution in [3.8, 4) is 16.3 Å². The molecular weight excluding hydrogens is 412 g/mol. The number of amides is 1. The number of hydrogen-bond donors (Lipinski definition) is 2. The second kappa shape index (κ2) is 7.82. The van der Waals surface area contributed by atoms with E-state index in [0.717, 1.165) is 16.1 Å². The summed E-state index contributed by atoms with van der Waals surface area (Å²) in [5, 5.41) is 9.95. The highest BCUT2D eigenvalue weighted by molar-refractivity contribution is 7.17. The Morgan fingerprint density at radius 3 is 2.86 bits per heavy atom. The monoisotopic (exact) mass is 428 g/mol. The summed E-state index contributed by atoms with van der Waals surface area (Å²) in [5.41, 5.74) is 8.27. The van der Waals surface area contributed by atoms with Gasteiger partial charge in [-0.1, -0.05) is 29.8 Å². The maximum absolute atomic E-state index is 12.0. The van der Waals surface area contributed by atoms with Gasteiger partial charge in [-0.3, -0.25) is 14.2 Å². The second-order valence-corrected chi connectivity index (χ2v) is 7.82. The average Bonchev–Trinajstić information content (AvgIpc) is 3.31. The Hall–Kier alpha value is -2.94. The van der Waals surface area contributed by atoms with Gasteiger partial charge in [0.2, 0.25) is 0 Å². The third-order valence-electron chi connectivity index (χ3n) is 4.43. The number of carbonyl (C=O) groups excluding carboxylic acids is 1. The number of nitrogens with two attached hydrogens (primary N) is 1. The first-order valence-corrected chi connectivity index (χ1v) is 9.95. The van der Waals surface area contributed by atoms with Crippen LogP contribution in [0.15, 0.2) is 48.9 Å². The van der Waals surface area contributed by atoms with E-state index in [1.165, 1.54) is 11.3 Å². The number of benzene rings is 1. The van der Waals surface area contributed by atoms with E-state index in [2.05, 4.69) is 9.97 Å². The molecule has 1 atom stereocenters. The molecular formula is C20H17ClN4O3S. The molecule has 0 radical (unpaired) electrons. The predicted molar refractivity (Wildman–Crippen MR) is 111 cm³/mol. The molecule has 4 aromatic rings. The van der Waals surface area contributed by atoms with E-state index >= 15 is 0 Å². The number of hydrogen-bond acceptors (Lipinski definition) is 6. The second-order valence-electron chi connectivity index (χ2n) is 6.36. The fourth-order valence-electron chi connectivity index (χ4n) is 3.01. The lowest BCUT2D eigenvalue weighted by Crippen LogP contribution is -2.12. The maximum Gasteiger partial charge on any atom is 0.262 e. The van der Waals surface area contributed by atoms with E-state index in [1.807, 2.05) is 25.1 Å². The third kappa shape index (κ3) is 3.69. The number of fused-ring (bicyclic) bond motifs is 1. The minimum Gasteiger partial charge on any atom is -0.484 e. The Labute approximate surface area is 175 Å². The summed E-state index contributed by atoms with van der Waals surface area (Å²) >= 11 is 7.48. The molecule has 29 heavy (non-hydrogen) atoms. The molecule has 1 amide bonds. The molecule has 3 heterocycles. The van der Waals surface area contributed by atoms with Gasteiger partial charge >= 0.3 is 0 Å². The molecule has 7 nitrogen and oxygen atoms in total. The summed E-state index contributed by atoms with van der Waals surface area (Å²) in [5.74, 6) is -0.189. The molecule has 1 aromatic carbocycles. The number of aromatic nitrogens is 3. The first-order valence-electron chi connectivity index (χ1n) is 8.76. The number of aliphatic hydroxyl groups is 1. The lowest BCUT2D eigenvalue weighted by Gasteiger charge is -2.16. The van der Waals surface area contributed by atoms with Gasteiger partial charge in [-0.05, 0) is 13.0 Å². The van der Waals surface area contributed by atoms with Crippen LogP contribution in [-0.2, 0) is 6.61 Å².